The van der Waals surface area contributed by atoms with Gasteiger partial charge in [-0.25, -0.2) is 9.59 Å². The first-order valence-corrected chi connectivity index (χ1v) is 6.89. The maximum Gasteiger partial charge on any atom is 0.339 e. The number of halogens is 1. The molecule has 19 heavy (non-hydrogen) atoms. The van der Waals surface area contributed by atoms with Crippen molar-refractivity contribution in [2.75, 3.05) is 6.61 Å². The van der Waals surface area contributed by atoms with Crippen molar-refractivity contribution in [3.05, 3.63) is 33.3 Å². The van der Waals surface area contributed by atoms with Gasteiger partial charge in [0.05, 0.1) is 17.7 Å². The normalized spacial score (nSPS) is 10.6. The monoisotopic (exact) mass is 328 g/mol. The van der Waals surface area contributed by atoms with E-state index in [0.717, 1.165) is 12.0 Å². The van der Waals surface area contributed by atoms with E-state index in [1.165, 1.54) is 6.07 Å². The fourth-order valence-electron chi connectivity index (χ4n) is 1.80. The largest absolute Gasteiger partial charge is 0.478 e. The van der Waals surface area contributed by atoms with Gasteiger partial charge in [0.2, 0.25) is 0 Å². The van der Waals surface area contributed by atoms with Gasteiger partial charge in [0.25, 0.3) is 0 Å². The molecular weight excluding hydrogens is 312 g/mol. The van der Waals surface area contributed by atoms with E-state index >= 15 is 0 Å². The van der Waals surface area contributed by atoms with Gasteiger partial charge in [-0.05, 0) is 46.8 Å². The second-order valence-corrected chi connectivity index (χ2v) is 5.38. The number of carbonyl (C=O) groups is 2. The molecule has 1 aromatic carbocycles. The number of ether oxygens (including phenoxy) is 1. The van der Waals surface area contributed by atoms with E-state index < -0.39 is 11.9 Å². The summed E-state index contributed by atoms with van der Waals surface area (Å²) in [6, 6.07) is 3.28. The number of hydrogen-bond acceptors (Lipinski definition) is 3. The molecule has 0 radical (unpaired) electrons. The van der Waals surface area contributed by atoms with Crippen LogP contribution in [0, 0.1) is 5.92 Å². The van der Waals surface area contributed by atoms with Gasteiger partial charge in [-0.3, -0.25) is 0 Å². The minimum atomic E-state index is -1.14. The van der Waals surface area contributed by atoms with Crippen LogP contribution in [0.3, 0.4) is 0 Å². The van der Waals surface area contributed by atoms with Gasteiger partial charge in [-0.15, -0.1) is 0 Å². The van der Waals surface area contributed by atoms with E-state index in [4.69, 9.17) is 4.74 Å². The molecule has 0 fully saturated rings. The van der Waals surface area contributed by atoms with Gasteiger partial charge in [0, 0.05) is 4.47 Å². The van der Waals surface area contributed by atoms with E-state index in [-0.39, 0.29) is 17.7 Å². The molecular formula is C14H17BrO4. The molecule has 0 saturated heterocycles. The summed E-state index contributed by atoms with van der Waals surface area (Å²) in [6.07, 6.45) is 0.740. The van der Waals surface area contributed by atoms with Crippen LogP contribution in [-0.2, 0) is 11.2 Å². The maximum absolute atomic E-state index is 11.7. The Bertz CT molecular complexity index is 494. The highest BCUT2D eigenvalue weighted by molar-refractivity contribution is 9.10. The molecule has 0 unspecified atom stereocenters. The van der Waals surface area contributed by atoms with Crippen LogP contribution in [0.1, 0.15) is 47.1 Å². The Morgan fingerprint density at radius 2 is 2.00 bits per heavy atom. The molecule has 0 spiro atoms. The van der Waals surface area contributed by atoms with Gasteiger partial charge in [0.15, 0.2) is 0 Å². The van der Waals surface area contributed by atoms with E-state index in [0.29, 0.717) is 10.4 Å². The topological polar surface area (TPSA) is 63.6 Å². The number of rotatable bonds is 5. The molecule has 0 aliphatic carbocycles. The van der Waals surface area contributed by atoms with Crippen LogP contribution in [-0.4, -0.2) is 23.7 Å². The van der Waals surface area contributed by atoms with Crippen molar-refractivity contribution in [3.8, 4) is 0 Å². The Balaban J connectivity index is 3.31. The lowest BCUT2D eigenvalue weighted by atomic mass is 9.98. The second kappa shape index (κ2) is 6.70. The van der Waals surface area contributed by atoms with Gasteiger partial charge in [-0.1, -0.05) is 19.9 Å². The van der Waals surface area contributed by atoms with E-state index in [1.54, 1.807) is 13.0 Å². The van der Waals surface area contributed by atoms with Crippen LogP contribution in [0.5, 0.6) is 0 Å². The molecule has 104 valence electrons. The minimum Gasteiger partial charge on any atom is -0.478 e. The highest BCUT2D eigenvalue weighted by Gasteiger charge is 2.22. The summed E-state index contributed by atoms with van der Waals surface area (Å²) in [5.41, 5.74) is 0.922. The lowest BCUT2D eigenvalue weighted by Crippen LogP contribution is -2.14. The third kappa shape index (κ3) is 3.80. The molecule has 0 atom stereocenters. The zero-order valence-corrected chi connectivity index (χ0v) is 12.8. The molecule has 1 N–H and O–H groups in total. The summed E-state index contributed by atoms with van der Waals surface area (Å²) in [5.74, 6) is -1.36. The van der Waals surface area contributed by atoms with E-state index in [2.05, 4.69) is 15.9 Å². The van der Waals surface area contributed by atoms with Crippen LogP contribution in [0.15, 0.2) is 16.6 Å². The molecule has 0 aliphatic rings. The van der Waals surface area contributed by atoms with Crippen molar-refractivity contribution in [2.45, 2.75) is 27.2 Å². The summed E-state index contributed by atoms with van der Waals surface area (Å²) in [6.45, 7) is 5.99. The quantitative estimate of drug-likeness (QED) is 0.840. The fourth-order valence-corrected chi connectivity index (χ4v) is 2.48. The Morgan fingerprint density at radius 3 is 2.47 bits per heavy atom. The Morgan fingerprint density at radius 1 is 1.37 bits per heavy atom. The number of carbonyl (C=O) groups excluding carboxylic acids is 1. The SMILES string of the molecule is CCOC(=O)c1ccc(CC(C)C)c(Br)c1C(=O)O. The number of carboxylic acids is 1. The highest BCUT2D eigenvalue weighted by Crippen LogP contribution is 2.28. The van der Waals surface area contributed by atoms with Crippen molar-refractivity contribution in [3.63, 3.8) is 0 Å². The molecule has 1 aromatic rings. The first-order chi connectivity index (χ1) is 8.88. The molecule has 0 aliphatic heterocycles. The fraction of sp³-hybridized carbons (Fsp3) is 0.429. The predicted octanol–water partition coefficient (Wildman–Crippen LogP) is 3.52. The number of esters is 1. The van der Waals surface area contributed by atoms with Crippen LogP contribution in [0.4, 0.5) is 0 Å². The summed E-state index contributed by atoms with van der Waals surface area (Å²) < 4.78 is 5.33. The van der Waals surface area contributed by atoms with Crippen LogP contribution in [0.2, 0.25) is 0 Å². The van der Waals surface area contributed by atoms with Crippen molar-refractivity contribution in [2.24, 2.45) is 5.92 Å². The zero-order chi connectivity index (χ0) is 14.6. The zero-order valence-electron chi connectivity index (χ0n) is 11.2. The molecule has 0 aromatic heterocycles. The Hall–Kier alpha value is -1.36. The van der Waals surface area contributed by atoms with Crippen LogP contribution < -0.4 is 0 Å². The number of benzene rings is 1. The maximum atomic E-state index is 11.7. The van der Waals surface area contributed by atoms with Gasteiger partial charge >= 0.3 is 11.9 Å². The first-order valence-electron chi connectivity index (χ1n) is 6.10. The lowest BCUT2D eigenvalue weighted by molar-refractivity contribution is 0.0514. The molecule has 0 saturated carbocycles. The Labute approximate surface area is 120 Å². The summed E-state index contributed by atoms with van der Waals surface area (Å²) >= 11 is 3.29. The van der Waals surface area contributed by atoms with Crippen LogP contribution in [0.25, 0.3) is 0 Å². The molecule has 1 rings (SSSR count). The van der Waals surface area contributed by atoms with Crippen molar-refractivity contribution < 1.29 is 19.4 Å². The average Bonchev–Trinajstić information content (AvgIpc) is 2.30. The average molecular weight is 329 g/mol. The molecule has 0 heterocycles. The minimum absolute atomic E-state index is 0.0309. The van der Waals surface area contributed by atoms with Gasteiger partial charge in [-0.2, -0.15) is 0 Å². The summed E-state index contributed by atoms with van der Waals surface area (Å²) in [5, 5.41) is 9.28. The van der Waals surface area contributed by atoms with Gasteiger partial charge < -0.3 is 9.84 Å². The second-order valence-electron chi connectivity index (χ2n) is 4.58. The van der Waals surface area contributed by atoms with E-state index in [1.807, 2.05) is 13.8 Å². The van der Waals surface area contributed by atoms with Gasteiger partial charge in [0.1, 0.15) is 0 Å². The third-order valence-corrected chi connectivity index (χ3v) is 3.47. The third-order valence-electron chi connectivity index (χ3n) is 2.56. The molecule has 0 bridgehead atoms. The highest BCUT2D eigenvalue weighted by atomic mass is 79.9. The molecule has 0 amide bonds. The molecule has 4 nitrogen and oxygen atoms in total. The van der Waals surface area contributed by atoms with E-state index in [9.17, 15) is 14.7 Å². The van der Waals surface area contributed by atoms with Crippen LogP contribution >= 0.6 is 15.9 Å². The van der Waals surface area contributed by atoms with Crippen molar-refractivity contribution in [1.29, 1.82) is 0 Å². The number of aromatic carboxylic acids is 1. The standard InChI is InChI=1S/C14H17BrO4/c1-4-19-14(18)10-6-5-9(7-8(2)3)12(15)11(10)13(16)17/h5-6,8H,4,7H2,1-3H3,(H,16,17). The summed E-state index contributed by atoms with van der Waals surface area (Å²) in [4.78, 5) is 23.1. The smallest absolute Gasteiger partial charge is 0.339 e. The lowest BCUT2D eigenvalue weighted by Gasteiger charge is -2.13. The van der Waals surface area contributed by atoms with Crippen molar-refractivity contribution >= 4 is 27.9 Å². The number of hydrogen-bond donors (Lipinski definition) is 1. The molecule has 5 heteroatoms. The number of carboxylic acid groups (broad SMARTS) is 1. The summed E-state index contributed by atoms with van der Waals surface area (Å²) in [7, 11) is 0. The first kappa shape index (κ1) is 15.7. The Kier molecular flexibility index (Phi) is 5.54. The van der Waals surface area contributed by atoms with Crippen molar-refractivity contribution in [1.82, 2.24) is 0 Å². The predicted molar refractivity (Wildman–Crippen MR) is 75.6 cm³/mol.